The molecule has 0 fully saturated rings. The molecule has 1 heterocycles. The van der Waals surface area contributed by atoms with Crippen LogP contribution < -0.4 is 0 Å². The molecule has 0 saturated carbocycles. The maximum absolute atomic E-state index is 11.4. The first-order valence-electron chi connectivity index (χ1n) is 4.29. The summed E-state index contributed by atoms with van der Waals surface area (Å²) in [4.78, 5) is 16.5. The second-order valence-electron chi connectivity index (χ2n) is 2.88. The largest absolute Gasteiger partial charge is 0.432 e. The van der Waals surface area contributed by atoms with Crippen LogP contribution in [0.3, 0.4) is 0 Å². The molecule has 0 spiro atoms. The first kappa shape index (κ1) is 10.7. The number of hydrogen-bond donors (Lipinski definition) is 0. The molecule has 5 heteroatoms. The molecule has 2 aromatic rings. The molecule has 1 aromatic heterocycles. The average molecular weight is 286 g/mol. The van der Waals surface area contributed by atoms with Crippen LogP contribution in [0, 0.1) is 0 Å². The highest BCUT2D eigenvalue weighted by Gasteiger charge is 2.14. The van der Waals surface area contributed by atoms with Crippen molar-refractivity contribution in [3.05, 3.63) is 24.1 Å². The van der Waals surface area contributed by atoms with E-state index in [2.05, 4.69) is 20.9 Å². The van der Waals surface area contributed by atoms with Crippen LogP contribution in [0.2, 0.25) is 0 Å². The molecule has 0 radical (unpaired) electrons. The molecule has 0 amide bonds. The van der Waals surface area contributed by atoms with Crippen molar-refractivity contribution in [3.8, 4) is 0 Å². The Morgan fingerprint density at radius 1 is 1.60 bits per heavy atom. The third-order valence-electron chi connectivity index (χ3n) is 1.96. The van der Waals surface area contributed by atoms with Gasteiger partial charge < -0.3 is 4.42 Å². The number of nitrogens with zero attached hydrogens (tertiary/aromatic N) is 1. The number of thioether (sulfide) groups is 1. The van der Waals surface area contributed by atoms with Crippen LogP contribution in [0.15, 0.2) is 27.5 Å². The van der Waals surface area contributed by atoms with Crippen molar-refractivity contribution in [2.24, 2.45) is 0 Å². The molecule has 0 aliphatic carbocycles. The molecular weight excluding hydrogens is 278 g/mol. The zero-order valence-corrected chi connectivity index (χ0v) is 10.4. The van der Waals surface area contributed by atoms with E-state index in [4.69, 9.17) is 4.42 Å². The fraction of sp³-hybridized carbons (Fsp3) is 0.200. The van der Waals surface area contributed by atoms with E-state index in [1.54, 1.807) is 11.8 Å². The van der Waals surface area contributed by atoms with Crippen molar-refractivity contribution in [2.45, 2.75) is 4.90 Å². The number of hydrogen-bond acceptors (Lipinski definition) is 4. The predicted molar refractivity (Wildman–Crippen MR) is 63.9 cm³/mol. The molecule has 1 aromatic carbocycles. The van der Waals surface area contributed by atoms with Crippen LogP contribution in [0.5, 0.6) is 0 Å². The lowest BCUT2D eigenvalue weighted by atomic mass is 10.3. The number of benzene rings is 1. The lowest BCUT2D eigenvalue weighted by Gasteiger charge is -1.93. The summed E-state index contributed by atoms with van der Waals surface area (Å²) in [5.41, 5.74) is 1.42. The Kier molecular flexibility index (Phi) is 3.11. The summed E-state index contributed by atoms with van der Waals surface area (Å²) in [5.74, 6) is 0.0293. The number of fused-ring (bicyclic) bond motifs is 1. The van der Waals surface area contributed by atoms with Gasteiger partial charge in [0.15, 0.2) is 5.58 Å². The standard InChI is InChI=1S/C10H8BrNO2S/c1-15-8-4-2-3-6-9(8)14-10(12-6)7(13)5-11/h2-4H,5H2,1H3. The summed E-state index contributed by atoms with van der Waals surface area (Å²) in [6.07, 6.45) is 1.96. The second kappa shape index (κ2) is 4.37. The maximum Gasteiger partial charge on any atom is 0.265 e. The summed E-state index contributed by atoms with van der Waals surface area (Å²) in [5, 5.41) is 0.231. The van der Waals surface area contributed by atoms with Crippen molar-refractivity contribution in [1.82, 2.24) is 4.98 Å². The summed E-state index contributed by atoms with van der Waals surface area (Å²) in [6.45, 7) is 0. The van der Waals surface area contributed by atoms with Crippen molar-refractivity contribution in [3.63, 3.8) is 0 Å². The van der Waals surface area contributed by atoms with Crippen molar-refractivity contribution in [1.29, 1.82) is 0 Å². The Bertz CT molecular complexity index is 509. The van der Waals surface area contributed by atoms with Crippen LogP contribution in [0.4, 0.5) is 0 Å². The topological polar surface area (TPSA) is 43.1 Å². The Morgan fingerprint density at radius 2 is 2.40 bits per heavy atom. The van der Waals surface area contributed by atoms with Gasteiger partial charge in [-0.1, -0.05) is 22.0 Å². The molecule has 0 N–H and O–H groups in total. The van der Waals surface area contributed by atoms with Crippen molar-refractivity contribution >= 4 is 44.6 Å². The quantitative estimate of drug-likeness (QED) is 0.494. The number of carbonyl (C=O) groups is 1. The van der Waals surface area contributed by atoms with Gasteiger partial charge in [-0.3, -0.25) is 4.79 Å². The van der Waals surface area contributed by atoms with E-state index in [1.165, 1.54) is 0 Å². The minimum absolute atomic E-state index is 0.141. The number of halogens is 1. The highest BCUT2D eigenvalue weighted by atomic mass is 79.9. The molecule has 0 unspecified atom stereocenters. The molecule has 2 rings (SSSR count). The number of rotatable bonds is 3. The molecule has 0 saturated heterocycles. The lowest BCUT2D eigenvalue weighted by molar-refractivity contribution is 0.0989. The first-order chi connectivity index (χ1) is 7.26. The molecule has 15 heavy (non-hydrogen) atoms. The minimum Gasteiger partial charge on any atom is -0.432 e. The predicted octanol–water partition coefficient (Wildman–Crippen LogP) is 3.13. The van der Waals surface area contributed by atoms with E-state index < -0.39 is 0 Å². The van der Waals surface area contributed by atoms with Crippen molar-refractivity contribution in [2.75, 3.05) is 11.6 Å². The fourth-order valence-corrected chi connectivity index (χ4v) is 2.05. The van der Waals surface area contributed by atoms with Gasteiger partial charge in [0.2, 0.25) is 5.78 Å². The van der Waals surface area contributed by atoms with E-state index >= 15 is 0 Å². The number of carbonyl (C=O) groups excluding carboxylic acids is 1. The molecule has 0 aliphatic rings. The van der Waals surface area contributed by atoms with Crippen LogP contribution in [0.1, 0.15) is 10.7 Å². The monoisotopic (exact) mass is 285 g/mol. The Hall–Kier alpha value is -0.810. The van der Waals surface area contributed by atoms with E-state index in [-0.39, 0.29) is 17.0 Å². The molecule has 0 atom stereocenters. The third-order valence-corrected chi connectivity index (χ3v) is 3.23. The first-order valence-corrected chi connectivity index (χ1v) is 6.63. The lowest BCUT2D eigenvalue weighted by Crippen LogP contribution is -1.99. The van der Waals surface area contributed by atoms with Gasteiger partial charge in [0, 0.05) is 0 Å². The molecule has 3 nitrogen and oxygen atoms in total. The normalized spacial score (nSPS) is 10.8. The number of ketones is 1. The summed E-state index contributed by atoms with van der Waals surface area (Å²) >= 11 is 4.66. The van der Waals surface area contributed by atoms with Gasteiger partial charge in [-0.15, -0.1) is 11.8 Å². The summed E-state index contributed by atoms with van der Waals surface area (Å²) < 4.78 is 5.43. The zero-order valence-electron chi connectivity index (χ0n) is 7.99. The van der Waals surface area contributed by atoms with Gasteiger partial charge in [0.1, 0.15) is 5.52 Å². The van der Waals surface area contributed by atoms with Crippen LogP contribution in [-0.2, 0) is 0 Å². The fourth-order valence-electron chi connectivity index (χ4n) is 1.26. The smallest absolute Gasteiger partial charge is 0.265 e. The molecule has 0 aliphatic heterocycles. The number of Topliss-reactive ketones (excluding diaryl/α,β-unsaturated/α-hetero) is 1. The van der Waals surface area contributed by atoms with Crippen molar-refractivity contribution < 1.29 is 9.21 Å². The summed E-state index contributed by atoms with van der Waals surface area (Å²) in [6, 6.07) is 5.68. The van der Waals surface area contributed by atoms with Gasteiger partial charge >= 0.3 is 0 Å². The molecule has 78 valence electrons. The molecule has 0 bridgehead atoms. The number of alkyl halides is 1. The maximum atomic E-state index is 11.4. The number of para-hydroxylation sites is 1. The van der Waals surface area contributed by atoms with E-state index in [1.807, 2.05) is 24.5 Å². The van der Waals surface area contributed by atoms with E-state index in [0.717, 1.165) is 10.4 Å². The highest BCUT2D eigenvalue weighted by Crippen LogP contribution is 2.26. The van der Waals surface area contributed by atoms with Gasteiger partial charge in [0.05, 0.1) is 10.2 Å². The Balaban J connectivity index is 2.60. The van der Waals surface area contributed by atoms with Gasteiger partial charge in [-0.25, -0.2) is 4.98 Å². The SMILES string of the molecule is CSc1cccc2nc(C(=O)CBr)oc12. The Labute approximate surface area is 99.4 Å². The van der Waals surface area contributed by atoms with Crippen LogP contribution in [0.25, 0.3) is 11.1 Å². The molecular formula is C10H8BrNO2S. The average Bonchev–Trinajstić information content (AvgIpc) is 2.71. The van der Waals surface area contributed by atoms with Gasteiger partial charge in [0.25, 0.3) is 5.89 Å². The zero-order chi connectivity index (χ0) is 10.8. The third kappa shape index (κ3) is 1.94. The van der Waals surface area contributed by atoms with Crippen LogP contribution >= 0.6 is 27.7 Å². The van der Waals surface area contributed by atoms with Gasteiger partial charge in [-0.2, -0.15) is 0 Å². The highest BCUT2D eigenvalue weighted by molar-refractivity contribution is 9.09. The second-order valence-corrected chi connectivity index (χ2v) is 4.29. The Morgan fingerprint density at radius 3 is 3.07 bits per heavy atom. The number of aromatic nitrogens is 1. The van der Waals surface area contributed by atoms with Crippen LogP contribution in [-0.4, -0.2) is 22.4 Å². The van der Waals surface area contributed by atoms with E-state index in [9.17, 15) is 4.79 Å². The minimum atomic E-state index is -0.141. The van der Waals surface area contributed by atoms with Gasteiger partial charge in [-0.05, 0) is 18.4 Å². The number of oxazole rings is 1. The van der Waals surface area contributed by atoms with E-state index in [0.29, 0.717) is 5.58 Å². The summed E-state index contributed by atoms with van der Waals surface area (Å²) in [7, 11) is 0.